The Bertz CT molecular complexity index is 721. The molecule has 0 atom stereocenters. The second kappa shape index (κ2) is 10.7. The summed E-state index contributed by atoms with van der Waals surface area (Å²) in [4.78, 5) is 8.88. The van der Waals surface area contributed by atoms with Gasteiger partial charge >= 0.3 is 0 Å². The van der Waals surface area contributed by atoms with Gasteiger partial charge in [0, 0.05) is 25.4 Å². The van der Waals surface area contributed by atoms with Crippen molar-refractivity contribution >= 4 is 53.1 Å². The molecule has 0 amide bonds. The number of nitrogens with zero attached hydrogens (tertiary/aromatic N) is 3. The maximum absolute atomic E-state index is 6.08. The van der Waals surface area contributed by atoms with Gasteiger partial charge in [-0.3, -0.25) is 0 Å². The van der Waals surface area contributed by atoms with Gasteiger partial charge in [-0.1, -0.05) is 29.3 Å². The maximum Gasteiger partial charge on any atom is 0.213 e. The smallest absolute Gasteiger partial charge is 0.213 e. The maximum atomic E-state index is 6.08. The minimum atomic E-state index is 0. The standard InChI is InChI=1S/C16H21Cl2N5O.HI/c1-4-19-16(20-9-11-6-5-7-14(22-11)24-3)21-10-12-8-13(17)15(18)23(12)2;/h5-8H,4,9-10H2,1-3H3,(H2,19,20,21);1H. The Kier molecular flexibility index (Phi) is 9.37. The Balaban J connectivity index is 0.00000312. The number of nitrogens with one attached hydrogen (secondary N) is 2. The fourth-order valence-electron chi connectivity index (χ4n) is 2.09. The highest BCUT2D eigenvalue weighted by Gasteiger charge is 2.09. The van der Waals surface area contributed by atoms with E-state index in [0.29, 0.717) is 35.1 Å². The van der Waals surface area contributed by atoms with Gasteiger partial charge in [0.05, 0.1) is 30.9 Å². The third kappa shape index (κ3) is 6.23. The predicted octanol–water partition coefficient (Wildman–Crippen LogP) is 3.61. The summed E-state index contributed by atoms with van der Waals surface area (Å²) in [5, 5.41) is 7.52. The van der Waals surface area contributed by atoms with E-state index in [-0.39, 0.29) is 24.0 Å². The first-order valence-electron chi connectivity index (χ1n) is 7.56. The zero-order chi connectivity index (χ0) is 17.5. The summed E-state index contributed by atoms with van der Waals surface area (Å²) in [6, 6.07) is 7.45. The molecule has 0 aromatic carbocycles. The number of aliphatic imine (C=N–C) groups is 1. The van der Waals surface area contributed by atoms with Crippen molar-refractivity contribution < 1.29 is 4.74 Å². The first kappa shape index (κ1) is 21.9. The normalized spacial score (nSPS) is 11.0. The van der Waals surface area contributed by atoms with E-state index in [1.165, 1.54) is 0 Å². The molecule has 0 aliphatic carbocycles. The number of ether oxygens (including phenoxy) is 1. The molecule has 0 bridgehead atoms. The molecule has 2 N–H and O–H groups in total. The van der Waals surface area contributed by atoms with Crippen LogP contribution in [0.25, 0.3) is 0 Å². The van der Waals surface area contributed by atoms with Crippen molar-refractivity contribution in [2.45, 2.75) is 20.0 Å². The highest BCUT2D eigenvalue weighted by atomic mass is 127. The van der Waals surface area contributed by atoms with Crippen molar-refractivity contribution in [2.24, 2.45) is 12.0 Å². The van der Waals surface area contributed by atoms with Crippen LogP contribution < -0.4 is 15.4 Å². The molecule has 0 unspecified atom stereocenters. The number of rotatable bonds is 6. The molecule has 138 valence electrons. The Morgan fingerprint density at radius 2 is 2.08 bits per heavy atom. The zero-order valence-corrected chi connectivity index (χ0v) is 18.2. The molecule has 0 aliphatic rings. The van der Waals surface area contributed by atoms with Crippen molar-refractivity contribution in [1.29, 1.82) is 0 Å². The molecule has 0 fully saturated rings. The molecule has 0 aliphatic heterocycles. The van der Waals surface area contributed by atoms with Crippen LogP contribution in [-0.2, 0) is 20.1 Å². The van der Waals surface area contributed by atoms with Gasteiger partial charge in [-0.25, -0.2) is 9.98 Å². The van der Waals surface area contributed by atoms with Crippen LogP contribution in [0, 0.1) is 0 Å². The van der Waals surface area contributed by atoms with Crippen LogP contribution >= 0.6 is 47.2 Å². The largest absolute Gasteiger partial charge is 0.481 e. The Labute approximate surface area is 175 Å². The van der Waals surface area contributed by atoms with E-state index in [2.05, 4.69) is 20.6 Å². The van der Waals surface area contributed by atoms with Crippen molar-refractivity contribution in [3.8, 4) is 5.88 Å². The lowest BCUT2D eigenvalue weighted by Gasteiger charge is -2.12. The monoisotopic (exact) mass is 497 g/mol. The van der Waals surface area contributed by atoms with E-state index < -0.39 is 0 Å². The number of pyridine rings is 1. The number of halogens is 3. The highest BCUT2D eigenvalue weighted by Crippen LogP contribution is 2.24. The number of hydrogen-bond donors (Lipinski definition) is 2. The number of methoxy groups -OCH3 is 1. The van der Waals surface area contributed by atoms with Crippen LogP contribution in [0.1, 0.15) is 18.3 Å². The lowest BCUT2D eigenvalue weighted by atomic mass is 10.3. The van der Waals surface area contributed by atoms with Crippen molar-refractivity contribution in [1.82, 2.24) is 20.2 Å². The quantitative estimate of drug-likeness (QED) is 0.363. The Morgan fingerprint density at radius 3 is 2.68 bits per heavy atom. The van der Waals surface area contributed by atoms with Crippen LogP contribution in [0.5, 0.6) is 5.88 Å². The second-order valence-corrected chi connectivity index (χ2v) is 5.82. The summed E-state index contributed by atoms with van der Waals surface area (Å²) in [7, 11) is 3.46. The molecular formula is C16H22Cl2IN5O. The third-order valence-electron chi connectivity index (χ3n) is 3.39. The molecule has 2 rings (SSSR count). The van der Waals surface area contributed by atoms with E-state index in [0.717, 1.165) is 17.9 Å². The van der Waals surface area contributed by atoms with Crippen LogP contribution in [0.2, 0.25) is 10.2 Å². The van der Waals surface area contributed by atoms with Gasteiger partial charge in [0.25, 0.3) is 0 Å². The Hall–Kier alpha value is -1.19. The van der Waals surface area contributed by atoms with Gasteiger partial charge in [-0.15, -0.1) is 24.0 Å². The molecule has 25 heavy (non-hydrogen) atoms. The number of aromatic nitrogens is 2. The van der Waals surface area contributed by atoms with E-state index in [1.54, 1.807) is 13.2 Å². The van der Waals surface area contributed by atoms with Crippen LogP contribution in [0.3, 0.4) is 0 Å². The molecule has 2 aromatic heterocycles. The molecule has 0 spiro atoms. The van der Waals surface area contributed by atoms with Gasteiger partial charge in [-0.05, 0) is 19.1 Å². The van der Waals surface area contributed by atoms with Gasteiger partial charge in [0.1, 0.15) is 5.15 Å². The minimum Gasteiger partial charge on any atom is -0.481 e. The topological polar surface area (TPSA) is 63.5 Å². The molecule has 0 saturated carbocycles. The summed E-state index contributed by atoms with van der Waals surface area (Å²) in [6.07, 6.45) is 0. The summed E-state index contributed by atoms with van der Waals surface area (Å²) < 4.78 is 6.96. The van der Waals surface area contributed by atoms with Crippen LogP contribution in [-0.4, -0.2) is 29.2 Å². The highest BCUT2D eigenvalue weighted by molar-refractivity contribution is 14.0. The van der Waals surface area contributed by atoms with Gasteiger partial charge in [0.2, 0.25) is 5.88 Å². The molecule has 2 aromatic rings. The molecule has 9 heteroatoms. The summed E-state index contributed by atoms with van der Waals surface area (Å²) in [5.41, 5.74) is 1.80. The van der Waals surface area contributed by atoms with Crippen LogP contribution in [0.4, 0.5) is 0 Å². The average Bonchev–Trinajstić information content (AvgIpc) is 2.84. The zero-order valence-electron chi connectivity index (χ0n) is 14.3. The summed E-state index contributed by atoms with van der Waals surface area (Å²) >= 11 is 12.1. The summed E-state index contributed by atoms with van der Waals surface area (Å²) in [5.74, 6) is 1.27. The summed E-state index contributed by atoms with van der Waals surface area (Å²) in [6.45, 7) is 3.77. The molecule has 6 nitrogen and oxygen atoms in total. The van der Waals surface area contributed by atoms with E-state index >= 15 is 0 Å². The second-order valence-electron chi connectivity index (χ2n) is 5.05. The van der Waals surface area contributed by atoms with Crippen LogP contribution in [0.15, 0.2) is 29.3 Å². The number of guanidine groups is 1. The Morgan fingerprint density at radius 1 is 1.32 bits per heavy atom. The third-order valence-corrected chi connectivity index (χ3v) is 4.23. The van der Waals surface area contributed by atoms with E-state index in [1.807, 2.05) is 36.7 Å². The predicted molar refractivity (Wildman–Crippen MR) is 113 cm³/mol. The van der Waals surface area contributed by atoms with E-state index in [9.17, 15) is 0 Å². The first-order valence-corrected chi connectivity index (χ1v) is 8.32. The minimum absolute atomic E-state index is 0. The average molecular weight is 498 g/mol. The SMILES string of the molecule is CCNC(=NCc1cccc(OC)n1)NCc1cc(Cl)c(Cl)n1C.I. The molecule has 0 saturated heterocycles. The number of hydrogen-bond acceptors (Lipinski definition) is 3. The van der Waals surface area contributed by atoms with Gasteiger partial charge < -0.3 is 19.9 Å². The first-order chi connectivity index (χ1) is 11.5. The molecule has 2 heterocycles. The van der Waals surface area contributed by atoms with E-state index in [4.69, 9.17) is 27.9 Å². The van der Waals surface area contributed by atoms with Crippen molar-refractivity contribution in [2.75, 3.05) is 13.7 Å². The van der Waals surface area contributed by atoms with Crippen molar-refractivity contribution in [3.05, 3.63) is 45.8 Å². The lowest BCUT2D eigenvalue weighted by Crippen LogP contribution is -2.37. The fourth-order valence-corrected chi connectivity index (χ4v) is 2.51. The fraction of sp³-hybridized carbons (Fsp3) is 0.375. The van der Waals surface area contributed by atoms with Gasteiger partial charge in [0.15, 0.2) is 5.96 Å². The lowest BCUT2D eigenvalue weighted by molar-refractivity contribution is 0.396. The van der Waals surface area contributed by atoms with Crippen molar-refractivity contribution in [3.63, 3.8) is 0 Å². The van der Waals surface area contributed by atoms with Gasteiger partial charge in [-0.2, -0.15) is 0 Å². The molecule has 0 radical (unpaired) electrons. The molecular weight excluding hydrogens is 476 g/mol.